The van der Waals surface area contributed by atoms with E-state index in [0.29, 0.717) is 11.8 Å². The molecule has 88 valence electrons. The average molecular weight is 238 g/mol. The lowest BCUT2D eigenvalue weighted by Crippen LogP contribution is -2.11. The van der Waals surface area contributed by atoms with Gasteiger partial charge in [-0.1, -0.05) is 18.2 Å². The van der Waals surface area contributed by atoms with Crippen molar-refractivity contribution in [2.45, 2.75) is 6.42 Å². The molecule has 0 bridgehead atoms. The van der Waals surface area contributed by atoms with Gasteiger partial charge in [0.05, 0.1) is 11.1 Å². The molecule has 0 aliphatic rings. The molecule has 2 heterocycles. The van der Waals surface area contributed by atoms with Gasteiger partial charge in [0.2, 0.25) is 0 Å². The second kappa shape index (κ2) is 4.37. The number of benzene rings is 1. The van der Waals surface area contributed by atoms with Crippen molar-refractivity contribution in [3.63, 3.8) is 0 Å². The molecule has 2 aromatic heterocycles. The molecular weight excluding hydrogens is 228 g/mol. The molecule has 18 heavy (non-hydrogen) atoms. The zero-order valence-electron chi connectivity index (χ0n) is 9.50. The normalized spacial score (nSPS) is 10.7. The number of aromatic nitrogens is 4. The zero-order chi connectivity index (χ0) is 12.4. The van der Waals surface area contributed by atoms with Crippen LogP contribution in [0, 0.1) is 0 Å². The Kier molecular flexibility index (Phi) is 2.57. The molecule has 0 aliphatic carbocycles. The topological polar surface area (TPSA) is 71.5 Å². The largest absolute Gasteiger partial charge is 0.272 e. The Morgan fingerprint density at radius 1 is 1.11 bits per heavy atom. The number of hydrogen-bond donors (Lipinski definition) is 1. The predicted molar refractivity (Wildman–Crippen MR) is 67.2 cm³/mol. The quantitative estimate of drug-likeness (QED) is 0.730. The van der Waals surface area contributed by atoms with Gasteiger partial charge in [0, 0.05) is 23.7 Å². The SMILES string of the molecule is O=c1[nH]nc(Cc2ccncn2)c2ccccc12. The molecule has 0 saturated heterocycles. The van der Waals surface area contributed by atoms with Gasteiger partial charge in [0.1, 0.15) is 6.33 Å². The summed E-state index contributed by atoms with van der Waals surface area (Å²) in [6.45, 7) is 0. The van der Waals surface area contributed by atoms with Gasteiger partial charge in [-0.2, -0.15) is 5.10 Å². The Morgan fingerprint density at radius 3 is 2.72 bits per heavy atom. The van der Waals surface area contributed by atoms with E-state index in [1.807, 2.05) is 24.3 Å². The molecular formula is C13H10N4O. The Morgan fingerprint density at radius 2 is 1.94 bits per heavy atom. The maximum atomic E-state index is 11.6. The summed E-state index contributed by atoms with van der Waals surface area (Å²) in [4.78, 5) is 19.7. The molecule has 0 saturated carbocycles. The van der Waals surface area contributed by atoms with Gasteiger partial charge < -0.3 is 0 Å². The fourth-order valence-corrected chi connectivity index (χ4v) is 1.90. The summed E-state index contributed by atoms with van der Waals surface area (Å²) in [5.74, 6) is 0. The molecule has 0 spiro atoms. The van der Waals surface area contributed by atoms with Gasteiger partial charge in [-0.25, -0.2) is 15.1 Å². The molecule has 0 aliphatic heterocycles. The van der Waals surface area contributed by atoms with Crippen LogP contribution in [-0.2, 0) is 6.42 Å². The molecule has 5 heteroatoms. The van der Waals surface area contributed by atoms with Crippen molar-refractivity contribution in [2.24, 2.45) is 0 Å². The number of fused-ring (bicyclic) bond motifs is 1. The fourth-order valence-electron chi connectivity index (χ4n) is 1.90. The lowest BCUT2D eigenvalue weighted by molar-refractivity contribution is 0.911. The molecule has 0 atom stereocenters. The molecule has 1 aromatic carbocycles. The number of H-pyrrole nitrogens is 1. The van der Waals surface area contributed by atoms with Gasteiger partial charge >= 0.3 is 0 Å². The van der Waals surface area contributed by atoms with Gasteiger partial charge in [-0.3, -0.25) is 4.79 Å². The molecule has 1 N–H and O–H groups in total. The lowest BCUT2D eigenvalue weighted by atomic mass is 10.1. The number of hydrogen-bond acceptors (Lipinski definition) is 4. The van der Waals surface area contributed by atoms with Crippen LogP contribution in [0.25, 0.3) is 10.8 Å². The summed E-state index contributed by atoms with van der Waals surface area (Å²) in [7, 11) is 0. The summed E-state index contributed by atoms with van der Waals surface area (Å²) in [6.07, 6.45) is 3.76. The highest BCUT2D eigenvalue weighted by Crippen LogP contribution is 2.14. The fraction of sp³-hybridized carbons (Fsp3) is 0.0769. The van der Waals surface area contributed by atoms with Crippen molar-refractivity contribution < 1.29 is 0 Å². The van der Waals surface area contributed by atoms with Crippen LogP contribution in [0.3, 0.4) is 0 Å². The van der Waals surface area contributed by atoms with Crippen LogP contribution in [0.4, 0.5) is 0 Å². The first-order valence-electron chi connectivity index (χ1n) is 5.56. The van der Waals surface area contributed by atoms with E-state index in [9.17, 15) is 4.79 Å². The Balaban J connectivity index is 2.13. The lowest BCUT2D eigenvalue weighted by Gasteiger charge is -2.03. The van der Waals surface area contributed by atoms with Crippen LogP contribution < -0.4 is 5.56 Å². The van der Waals surface area contributed by atoms with Crippen molar-refractivity contribution in [3.8, 4) is 0 Å². The highest BCUT2D eigenvalue weighted by molar-refractivity contribution is 5.83. The van der Waals surface area contributed by atoms with E-state index in [-0.39, 0.29) is 5.56 Å². The molecule has 0 amide bonds. The van der Waals surface area contributed by atoms with Crippen LogP contribution >= 0.6 is 0 Å². The van der Waals surface area contributed by atoms with Crippen molar-refractivity contribution in [3.05, 3.63) is 64.6 Å². The van der Waals surface area contributed by atoms with E-state index in [0.717, 1.165) is 16.8 Å². The van der Waals surface area contributed by atoms with E-state index >= 15 is 0 Å². The monoisotopic (exact) mass is 238 g/mol. The maximum Gasteiger partial charge on any atom is 0.272 e. The summed E-state index contributed by atoms with van der Waals surface area (Å²) in [5, 5.41) is 8.13. The number of rotatable bonds is 2. The Bertz CT molecular complexity index is 737. The third-order valence-corrected chi connectivity index (χ3v) is 2.77. The predicted octanol–water partition coefficient (Wildman–Crippen LogP) is 1.30. The van der Waals surface area contributed by atoms with Crippen LogP contribution in [0.2, 0.25) is 0 Å². The smallest absolute Gasteiger partial charge is 0.267 e. The van der Waals surface area contributed by atoms with Crippen molar-refractivity contribution in [1.29, 1.82) is 0 Å². The minimum Gasteiger partial charge on any atom is -0.267 e. The highest BCUT2D eigenvalue weighted by Gasteiger charge is 2.06. The first kappa shape index (κ1) is 10.6. The van der Waals surface area contributed by atoms with Crippen LogP contribution in [0.5, 0.6) is 0 Å². The van der Waals surface area contributed by atoms with E-state index < -0.39 is 0 Å². The first-order valence-corrected chi connectivity index (χ1v) is 5.56. The number of nitrogens with one attached hydrogen (secondary N) is 1. The van der Waals surface area contributed by atoms with Gasteiger partial charge in [-0.15, -0.1) is 0 Å². The van der Waals surface area contributed by atoms with Crippen LogP contribution in [0.1, 0.15) is 11.4 Å². The summed E-state index contributed by atoms with van der Waals surface area (Å²) in [6, 6.07) is 9.26. The van der Waals surface area contributed by atoms with E-state index in [1.165, 1.54) is 6.33 Å². The third-order valence-electron chi connectivity index (χ3n) is 2.77. The Labute approximate surface area is 103 Å². The third kappa shape index (κ3) is 1.86. The molecule has 5 nitrogen and oxygen atoms in total. The summed E-state index contributed by atoms with van der Waals surface area (Å²) in [5.41, 5.74) is 1.51. The molecule has 0 fully saturated rings. The number of nitrogens with zero attached hydrogens (tertiary/aromatic N) is 3. The van der Waals surface area contributed by atoms with Crippen LogP contribution in [-0.4, -0.2) is 20.2 Å². The minimum atomic E-state index is -0.169. The standard InChI is InChI=1S/C13H10N4O/c18-13-11-4-2-1-3-10(11)12(16-17-13)7-9-5-6-14-8-15-9/h1-6,8H,7H2,(H,17,18). The molecule has 3 aromatic rings. The summed E-state index contributed by atoms with van der Waals surface area (Å²) < 4.78 is 0. The van der Waals surface area contributed by atoms with E-state index in [1.54, 1.807) is 12.3 Å². The molecule has 3 rings (SSSR count). The van der Waals surface area contributed by atoms with E-state index in [4.69, 9.17) is 0 Å². The van der Waals surface area contributed by atoms with Crippen molar-refractivity contribution in [1.82, 2.24) is 20.2 Å². The van der Waals surface area contributed by atoms with Crippen molar-refractivity contribution >= 4 is 10.8 Å². The molecule has 0 unspecified atom stereocenters. The number of aromatic amines is 1. The van der Waals surface area contributed by atoms with Crippen molar-refractivity contribution in [2.75, 3.05) is 0 Å². The first-order chi connectivity index (χ1) is 8.84. The zero-order valence-corrected chi connectivity index (χ0v) is 9.50. The second-order valence-corrected chi connectivity index (χ2v) is 3.92. The maximum absolute atomic E-state index is 11.6. The second-order valence-electron chi connectivity index (χ2n) is 3.92. The highest BCUT2D eigenvalue weighted by atomic mass is 16.1. The molecule has 0 radical (unpaired) electrons. The van der Waals surface area contributed by atoms with Crippen LogP contribution in [0.15, 0.2) is 47.7 Å². The van der Waals surface area contributed by atoms with Gasteiger partial charge in [0.15, 0.2) is 0 Å². The summed E-state index contributed by atoms with van der Waals surface area (Å²) >= 11 is 0. The Hall–Kier alpha value is -2.56. The minimum absolute atomic E-state index is 0.169. The van der Waals surface area contributed by atoms with Gasteiger partial charge in [0.25, 0.3) is 5.56 Å². The van der Waals surface area contributed by atoms with Gasteiger partial charge in [-0.05, 0) is 12.1 Å². The van der Waals surface area contributed by atoms with E-state index in [2.05, 4.69) is 20.2 Å². The average Bonchev–Trinajstić information content (AvgIpc) is 2.44.